The fraction of sp³-hybridized carbons (Fsp3) is 0.882. The van der Waals surface area contributed by atoms with Crippen LogP contribution in [0.2, 0.25) is 0 Å². The second kappa shape index (κ2) is 9.48. The molecule has 2 atom stereocenters. The fourth-order valence-electron chi connectivity index (χ4n) is 3.51. The van der Waals surface area contributed by atoms with Crippen LogP contribution in [-0.2, 0) is 9.59 Å². The van der Waals surface area contributed by atoms with Gasteiger partial charge in [-0.05, 0) is 44.6 Å². The second-order valence-electron chi connectivity index (χ2n) is 6.94. The number of halogens is 1. The van der Waals surface area contributed by atoms with Crippen molar-refractivity contribution in [3.63, 3.8) is 0 Å². The van der Waals surface area contributed by atoms with Crippen LogP contribution in [0.15, 0.2) is 0 Å². The number of carbonyl (C=O) groups is 2. The van der Waals surface area contributed by atoms with Crippen molar-refractivity contribution in [1.82, 2.24) is 9.80 Å². The summed E-state index contributed by atoms with van der Waals surface area (Å²) < 4.78 is 0. The summed E-state index contributed by atoms with van der Waals surface area (Å²) in [7, 11) is 0. The van der Waals surface area contributed by atoms with E-state index in [0.717, 1.165) is 58.3 Å². The zero-order valence-electron chi connectivity index (χ0n) is 14.5. The summed E-state index contributed by atoms with van der Waals surface area (Å²) in [4.78, 5) is 29.0. The van der Waals surface area contributed by atoms with E-state index in [2.05, 4.69) is 0 Å². The minimum Gasteiger partial charge on any atom is -0.342 e. The minimum atomic E-state index is -0.00353. The number of carbonyl (C=O) groups excluding carboxylic acids is 2. The Morgan fingerprint density at radius 1 is 1.13 bits per heavy atom. The predicted molar refractivity (Wildman–Crippen MR) is 94.4 cm³/mol. The average molecular weight is 346 g/mol. The summed E-state index contributed by atoms with van der Waals surface area (Å²) in [6, 6.07) is 0. The highest BCUT2D eigenvalue weighted by atomic mass is 35.5. The second-order valence-corrected chi connectivity index (χ2v) is 6.94. The van der Waals surface area contributed by atoms with Gasteiger partial charge in [0.2, 0.25) is 11.8 Å². The van der Waals surface area contributed by atoms with E-state index in [1.807, 2.05) is 23.6 Å². The molecule has 2 N–H and O–H groups in total. The summed E-state index contributed by atoms with van der Waals surface area (Å²) in [5.74, 6) is 1.09. The van der Waals surface area contributed by atoms with Crippen molar-refractivity contribution in [3.8, 4) is 0 Å². The molecule has 23 heavy (non-hydrogen) atoms. The number of rotatable bonds is 4. The first-order chi connectivity index (χ1) is 10.6. The molecule has 2 rings (SSSR count). The highest BCUT2D eigenvalue weighted by molar-refractivity contribution is 5.85. The minimum absolute atomic E-state index is 0. The van der Waals surface area contributed by atoms with Crippen LogP contribution in [0.25, 0.3) is 0 Å². The van der Waals surface area contributed by atoms with E-state index in [1.165, 1.54) is 0 Å². The standard InChI is InChI=1S/C17H31N3O2.ClH/c1-3-13(2)16(21)20-8-4-5-15(12-20)17(22)19-9-6-14(11-18)7-10-19;/h13-15H,3-12,18H2,1-2H3;1H. The molecule has 2 saturated heterocycles. The predicted octanol–water partition coefficient (Wildman–Crippen LogP) is 1.89. The maximum absolute atomic E-state index is 12.7. The van der Waals surface area contributed by atoms with Gasteiger partial charge in [0, 0.05) is 32.1 Å². The molecule has 6 heteroatoms. The third-order valence-corrected chi connectivity index (χ3v) is 5.38. The molecule has 0 radical (unpaired) electrons. The van der Waals surface area contributed by atoms with Crippen LogP contribution >= 0.6 is 12.4 Å². The molecule has 2 unspecified atom stereocenters. The van der Waals surface area contributed by atoms with Crippen LogP contribution in [0.5, 0.6) is 0 Å². The van der Waals surface area contributed by atoms with Gasteiger partial charge in [-0.1, -0.05) is 13.8 Å². The number of nitrogens with two attached hydrogens (primary N) is 1. The largest absolute Gasteiger partial charge is 0.342 e. The van der Waals surface area contributed by atoms with Gasteiger partial charge in [-0.25, -0.2) is 0 Å². The average Bonchev–Trinajstić information content (AvgIpc) is 2.59. The number of piperidine rings is 2. The molecule has 2 aliphatic heterocycles. The lowest BCUT2D eigenvalue weighted by Crippen LogP contribution is -2.49. The van der Waals surface area contributed by atoms with Gasteiger partial charge in [-0.2, -0.15) is 0 Å². The lowest BCUT2D eigenvalue weighted by molar-refractivity contribution is -0.143. The molecule has 0 bridgehead atoms. The molecule has 2 fully saturated rings. The number of likely N-dealkylation sites (tertiary alicyclic amines) is 2. The van der Waals surface area contributed by atoms with Crippen molar-refractivity contribution in [2.75, 3.05) is 32.7 Å². The zero-order chi connectivity index (χ0) is 16.1. The van der Waals surface area contributed by atoms with Gasteiger partial charge in [-0.3, -0.25) is 9.59 Å². The van der Waals surface area contributed by atoms with Crippen LogP contribution in [-0.4, -0.2) is 54.3 Å². The van der Waals surface area contributed by atoms with Gasteiger partial charge in [0.1, 0.15) is 0 Å². The van der Waals surface area contributed by atoms with Crippen molar-refractivity contribution < 1.29 is 9.59 Å². The van der Waals surface area contributed by atoms with Crippen LogP contribution < -0.4 is 5.73 Å². The molecule has 2 aliphatic rings. The normalized spacial score (nSPS) is 24.0. The topological polar surface area (TPSA) is 66.6 Å². The van der Waals surface area contributed by atoms with Gasteiger partial charge < -0.3 is 15.5 Å². The lowest BCUT2D eigenvalue weighted by atomic mass is 9.92. The number of amides is 2. The van der Waals surface area contributed by atoms with Crippen LogP contribution in [0.3, 0.4) is 0 Å². The van der Waals surface area contributed by atoms with E-state index in [1.54, 1.807) is 0 Å². The summed E-state index contributed by atoms with van der Waals surface area (Å²) in [6.07, 6.45) is 4.76. The van der Waals surface area contributed by atoms with E-state index < -0.39 is 0 Å². The fourth-order valence-corrected chi connectivity index (χ4v) is 3.51. The van der Waals surface area contributed by atoms with E-state index in [4.69, 9.17) is 5.73 Å². The molecule has 0 aromatic rings. The first-order valence-electron chi connectivity index (χ1n) is 8.84. The molecule has 0 saturated carbocycles. The van der Waals surface area contributed by atoms with Crippen molar-refractivity contribution in [2.45, 2.75) is 46.0 Å². The first-order valence-corrected chi connectivity index (χ1v) is 8.84. The third-order valence-electron chi connectivity index (χ3n) is 5.38. The number of hydrogen-bond donors (Lipinski definition) is 1. The molecule has 2 heterocycles. The summed E-state index contributed by atoms with van der Waals surface area (Å²) in [5.41, 5.74) is 5.71. The Hall–Kier alpha value is -0.810. The smallest absolute Gasteiger partial charge is 0.227 e. The number of hydrogen-bond acceptors (Lipinski definition) is 3. The zero-order valence-corrected chi connectivity index (χ0v) is 15.3. The van der Waals surface area contributed by atoms with Gasteiger partial charge >= 0.3 is 0 Å². The molecule has 2 amide bonds. The Balaban J connectivity index is 0.00000264. The summed E-state index contributed by atoms with van der Waals surface area (Å²) in [6.45, 7) is 7.82. The van der Waals surface area contributed by atoms with Gasteiger partial charge in [0.25, 0.3) is 0 Å². The van der Waals surface area contributed by atoms with Gasteiger partial charge in [0.05, 0.1) is 5.92 Å². The Bertz CT molecular complexity index is 397. The highest BCUT2D eigenvalue weighted by Gasteiger charge is 2.33. The quantitative estimate of drug-likeness (QED) is 0.846. The van der Waals surface area contributed by atoms with E-state index in [0.29, 0.717) is 12.5 Å². The van der Waals surface area contributed by atoms with Gasteiger partial charge in [-0.15, -0.1) is 12.4 Å². The van der Waals surface area contributed by atoms with Crippen LogP contribution in [0.1, 0.15) is 46.0 Å². The monoisotopic (exact) mass is 345 g/mol. The molecule has 0 aliphatic carbocycles. The highest BCUT2D eigenvalue weighted by Crippen LogP contribution is 2.24. The number of nitrogens with zero attached hydrogens (tertiary/aromatic N) is 2. The van der Waals surface area contributed by atoms with E-state index >= 15 is 0 Å². The molecular formula is C17H32ClN3O2. The third kappa shape index (κ3) is 5.08. The van der Waals surface area contributed by atoms with Crippen LogP contribution in [0, 0.1) is 17.8 Å². The Labute approximate surface area is 146 Å². The maximum Gasteiger partial charge on any atom is 0.227 e. The van der Waals surface area contributed by atoms with Crippen molar-refractivity contribution in [3.05, 3.63) is 0 Å². The molecule has 134 valence electrons. The molecular weight excluding hydrogens is 314 g/mol. The van der Waals surface area contributed by atoms with Gasteiger partial charge in [0.15, 0.2) is 0 Å². The molecule has 0 aromatic carbocycles. The molecule has 5 nitrogen and oxygen atoms in total. The van der Waals surface area contributed by atoms with E-state index in [-0.39, 0.29) is 36.1 Å². The van der Waals surface area contributed by atoms with Crippen LogP contribution in [0.4, 0.5) is 0 Å². The summed E-state index contributed by atoms with van der Waals surface area (Å²) in [5, 5.41) is 0. The Morgan fingerprint density at radius 3 is 2.35 bits per heavy atom. The molecule has 0 aromatic heterocycles. The Kier molecular flexibility index (Phi) is 8.34. The van der Waals surface area contributed by atoms with Crippen molar-refractivity contribution in [1.29, 1.82) is 0 Å². The maximum atomic E-state index is 12.7. The SMILES string of the molecule is CCC(C)C(=O)N1CCCC(C(=O)N2CCC(CN)CC2)C1.Cl. The Morgan fingerprint density at radius 2 is 1.78 bits per heavy atom. The summed E-state index contributed by atoms with van der Waals surface area (Å²) >= 11 is 0. The van der Waals surface area contributed by atoms with Crippen molar-refractivity contribution in [2.24, 2.45) is 23.5 Å². The lowest BCUT2D eigenvalue weighted by Gasteiger charge is -2.38. The van der Waals surface area contributed by atoms with Crippen molar-refractivity contribution >= 4 is 24.2 Å². The molecule has 0 spiro atoms. The van der Waals surface area contributed by atoms with E-state index in [9.17, 15) is 9.59 Å². The first kappa shape index (κ1) is 20.2.